The van der Waals surface area contributed by atoms with Crippen molar-refractivity contribution in [1.82, 2.24) is 4.90 Å². The third-order valence-corrected chi connectivity index (χ3v) is 6.35. The summed E-state index contributed by atoms with van der Waals surface area (Å²) in [7, 11) is 0. The molecule has 3 rings (SSSR count). The Balaban J connectivity index is 2.10. The van der Waals surface area contributed by atoms with E-state index in [9.17, 15) is 4.39 Å². The van der Waals surface area contributed by atoms with Crippen LogP contribution in [0, 0.1) is 12.7 Å². The molecular weight excluding hydrogens is 387 g/mol. The standard InChI is InChI=1S/C27H35FN2O/c1-6-27(14-9-15-29)18-25(24-17-22(28)11-13-26(24)31-27)23-12-10-21(16-19(23)4)20(5)30(7-2)8-3/h10-13,16-18H,5-9,14-15,29H2,1-4H3. The van der Waals surface area contributed by atoms with Gasteiger partial charge in [0.05, 0.1) is 0 Å². The molecule has 0 amide bonds. The van der Waals surface area contributed by atoms with Gasteiger partial charge in [0.2, 0.25) is 0 Å². The van der Waals surface area contributed by atoms with Crippen LogP contribution >= 0.6 is 0 Å². The highest BCUT2D eigenvalue weighted by atomic mass is 19.1. The van der Waals surface area contributed by atoms with Gasteiger partial charge < -0.3 is 15.4 Å². The number of hydrogen-bond acceptors (Lipinski definition) is 3. The van der Waals surface area contributed by atoms with Crippen molar-refractivity contribution in [3.63, 3.8) is 0 Å². The van der Waals surface area contributed by atoms with Crippen molar-refractivity contribution in [2.75, 3.05) is 19.6 Å². The number of nitrogens with two attached hydrogens (primary N) is 1. The van der Waals surface area contributed by atoms with Gasteiger partial charge in [-0.05, 0) is 99.2 Å². The Morgan fingerprint density at radius 3 is 2.45 bits per heavy atom. The molecule has 0 aromatic heterocycles. The number of nitrogens with zero attached hydrogens (tertiary/aromatic N) is 1. The molecule has 1 aliphatic heterocycles. The molecule has 0 aliphatic carbocycles. The number of hydrogen-bond donors (Lipinski definition) is 1. The van der Waals surface area contributed by atoms with Crippen LogP contribution in [0.5, 0.6) is 5.75 Å². The van der Waals surface area contributed by atoms with Crippen LogP contribution in [0.15, 0.2) is 49.1 Å². The number of rotatable bonds is 9. The lowest BCUT2D eigenvalue weighted by Crippen LogP contribution is -2.36. The molecule has 4 heteroatoms. The van der Waals surface area contributed by atoms with E-state index in [4.69, 9.17) is 10.5 Å². The van der Waals surface area contributed by atoms with E-state index >= 15 is 0 Å². The zero-order valence-electron chi connectivity index (χ0n) is 19.3. The summed E-state index contributed by atoms with van der Waals surface area (Å²) < 4.78 is 20.6. The highest BCUT2D eigenvalue weighted by molar-refractivity contribution is 5.86. The second kappa shape index (κ2) is 9.69. The van der Waals surface area contributed by atoms with Crippen LogP contribution in [0.2, 0.25) is 0 Å². The predicted octanol–water partition coefficient (Wildman–Crippen LogP) is 6.16. The summed E-state index contributed by atoms with van der Waals surface area (Å²) in [6.45, 7) is 15.3. The van der Waals surface area contributed by atoms with E-state index in [2.05, 4.69) is 63.4 Å². The Morgan fingerprint density at radius 2 is 1.84 bits per heavy atom. The van der Waals surface area contributed by atoms with Crippen LogP contribution in [0.4, 0.5) is 4.39 Å². The molecule has 1 heterocycles. The van der Waals surface area contributed by atoms with Crippen LogP contribution in [0.1, 0.15) is 62.3 Å². The summed E-state index contributed by atoms with van der Waals surface area (Å²) in [6.07, 6.45) is 4.71. The van der Waals surface area contributed by atoms with Gasteiger partial charge in [0.1, 0.15) is 17.2 Å². The van der Waals surface area contributed by atoms with Crippen LogP contribution in [-0.2, 0) is 0 Å². The van der Waals surface area contributed by atoms with Crippen molar-refractivity contribution in [3.05, 3.63) is 77.1 Å². The lowest BCUT2D eigenvalue weighted by atomic mass is 9.83. The Kier molecular flexibility index (Phi) is 7.22. The van der Waals surface area contributed by atoms with Crippen molar-refractivity contribution in [2.45, 2.75) is 52.6 Å². The van der Waals surface area contributed by atoms with Gasteiger partial charge in [-0.2, -0.15) is 0 Å². The maximum absolute atomic E-state index is 14.2. The Labute approximate surface area is 186 Å². The van der Waals surface area contributed by atoms with Gasteiger partial charge in [-0.15, -0.1) is 0 Å². The SMILES string of the molecule is C=C(c1ccc(C2=CC(CC)(CCCN)Oc3ccc(F)cc32)c(C)c1)N(CC)CC. The van der Waals surface area contributed by atoms with Gasteiger partial charge in [-0.1, -0.05) is 25.6 Å². The summed E-state index contributed by atoms with van der Waals surface area (Å²) in [5.41, 5.74) is 11.6. The summed E-state index contributed by atoms with van der Waals surface area (Å²) >= 11 is 0. The molecule has 0 spiro atoms. The molecular formula is C27H35FN2O. The average Bonchev–Trinajstić information content (AvgIpc) is 2.78. The Bertz CT molecular complexity index is 977. The highest BCUT2D eigenvalue weighted by Gasteiger charge is 2.34. The third kappa shape index (κ3) is 4.69. The maximum Gasteiger partial charge on any atom is 0.128 e. The fourth-order valence-corrected chi connectivity index (χ4v) is 4.42. The van der Waals surface area contributed by atoms with Gasteiger partial charge in [0.15, 0.2) is 0 Å². The molecule has 2 N–H and O–H groups in total. The topological polar surface area (TPSA) is 38.5 Å². The lowest BCUT2D eigenvalue weighted by Gasteiger charge is -2.37. The van der Waals surface area contributed by atoms with Crippen LogP contribution in [-0.4, -0.2) is 30.1 Å². The van der Waals surface area contributed by atoms with E-state index in [-0.39, 0.29) is 5.82 Å². The van der Waals surface area contributed by atoms with Gasteiger partial charge >= 0.3 is 0 Å². The number of ether oxygens (including phenoxy) is 1. The van der Waals surface area contributed by atoms with Gasteiger partial charge in [0.25, 0.3) is 0 Å². The van der Waals surface area contributed by atoms with Crippen LogP contribution in [0.25, 0.3) is 11.3 Å². The second-order valence-electron chi connectivity index (χ2n) is 8.26. The van der Waals surface area contributed by atoms with E-state index in [1.807, 2.05) is 0 Å². The molecule has 0 saturated carbocycles. The summed E-state index contributed by atoms with van der Waals surface area (Å²) in [6, 6.07) is 11.2. The second-order valence-corrected chi connectivity index (χ2v) is 8.26. The van der Waals surface area contributed by atoms with Crippen molar-refractivity contribution in [1.29, 1.82) is 0 Å². The number of fused-ring (bicyclic) bond motifs is 1. The zero-order chi connectivity index (χ0) is 22.6. The summed E-state index contributed by atoms with van der Waals surface area (Å²) in [5, 5.41) is 0. The number of benzene rings is 2. The van der Waals surface area contributed by atoms with Crippen molar-refractivity contribution in [2.24, 2.45) is 5.73 Å². The molecule has 2 aromatic rings. The minimum atomic E-state index is -0.435. The molecule has 0 saturated heterocycles. The minimum absolute atomic E-state index is 0.261. The minimum Gasteiger partial charge on any atom is -0.483 e. The van der Waals surface area contributed by atoms with E-state index in [1.54, 1.807) is 12.1 Å². The summed E-state index contributed by atoms with van der Waals surface area (Å²) in [4.78, 5) is 2.25. The molecule has 0 fully saturated rings. The maximum atomic E-state index is 14.2. The zero-order valence-corrected chi connectivity index (χ0v) is 19.3. The first-order valence-electron chi connectivity index (χ1n) is 11.3. The van der Waals surface area contributed by atoms with Gasteiger partial charge in [0, 0.05) is 24.4 Å². The Hall–Kier alpha value is -2.59. The van der Waals surface area contributed by atoms with E-state index < -0.39 is 5.60 Å². The molecule has 1 atom stereocenters. The Morgan fingerprint density at radius 1 is 1.10 bits per heavy atom. The monoisotopic (exact) mass is 422 g/mol. The molecule has 1 unspecified atom stereocenters. The van der Waals surface area contributed by atoms with Crippen molar-refractivity contribution >= 4 is 11.3 Å². The molecule has 166 valence electrons. The smallest absolute Gasteiger partial charge is 0.128 e. The van der Waals surface area contributed by atoms with Crippen molar-refractivity contribution < 1.29 is 9.13 Å². The molecule has 0 radical (unpaired) electrons. The average molecular weight is 423 g/mol. The normalized spacial score (nSPS) is 17.5. The first kappa shape index (κ1) is 23.1. The fraction of sp³-hybridized carbons (Fsp3) is 0.407. The van der Waals surface area contributed by atoms with Crippen molar-refractivity contribution in [3.8, 4) is 5.75 Å². The number of aryl methyl sites for hydroxylation is 1. The van der Waals surface area contributed by atoms with Crippen LogP contribution < -0.4 is 10.5 Å². The summed E-state index contributed by atoms with van der Waals surface area (Å²) in [5.74, 6) is 0.470. The van der Waals surface area contributed by atoms with Gasteiger partial charge in [-0.3, -0.25) is 0 Å². The van der Waals surface area contributed by atoms with Gasteiger partial charge in [-0.25, -0.2) is 4.39 Å². The quantitative estimate of drug-likeness (QED) is 0.526. The highest BCUT2D eigenvalue weighted by Crippen LogP contribution is 2.43. The molecule has 31 heavy (non-hydrogen) atoms. The first-order chi connectivity index (χ1) is 14.9. The molecule has 2 aromatic carbocycles. The fourth-order valence-electron chi connectivity index (χ4n) is 4.42. The third-order valence-electron chi connectivity index (χ3n) is 6.35. The predicted molar refractivity (Wildman–Crippen MR) is 129 cm³/mol. The van der Waals surface area contributed by atoms with E-state index in [0.717, 1.165) is 71.6 Å². The molecule has 0 bridgehead atoms. The molecule has 1 aliphatic rings. The molecule has 3 nitrogen and oxygen atoms in total. The first-order valence-corrected chi connectivity index (χ1v) is 11.3. The van der Waals surface area contributed by atoms with Crippen LogP contribution in [0.3, 0.4) is 0 Å². The number of halogens is 1. The largest absolute Gasteiger partial charge is 0.483 e. The van der Waals surface area contributed by atoms with E-state index in [0.29, 0.717) is 6.54 Å². The lowest BCUT2D eigenvalue weighted by molar-refractivity contribution is 0.100. The van der Waals surface area contributed by atoms with E-state index in [1.165, 1.54) is 6.07 Å².